The minimum absolute atomic E-state index is 0.0711. The van der Waals surface area contributed by atoms with Crippen LogP contribution in [0.25, 0.3) is 11.1 Å². The molecular weight excluding hydrogens is 410 g/mol. The Kier molecular flexibility index (Phi) is 5.43. The lowest BCUT2D eigenvalue weighted by Gasteiger charge is -2.38. The van der Waals surface area contributed by atoms with Gasteiger partial charge in [0.15, 0.2) is 5.58 Å². The maximum atomic E-state index is 12.4. The van der Waals surface area contributed by atoms with E-state index in [2.05, 4.69) is 4.90 Å². The van der Waals surface area contributed by atoms with E-state index in [9.17, 15) is 4.79 Å². The number of carbonyl (C=O) groups excluding carboxylic acids is 1. The van der Waals surface area contributed by atoms with Gasteiger partial charge in [0.05, 0.1) is 25.9 Å². The molecule has 0 spiro atoms. The first kappa shape index (κ1) is 20.3. The molecule has 2 atom stereocenters. The lowest BCUT2D eigenvalue weighted by Crippen LogP contribution is -2.47. The van der Waals surface area contributed by atoms with Crippen molar-refractivity contribution in [3.8, 4) is 5.75 Å². The predicted molar refractivity (Wildman–Crippen MR) is 118 cm³/mol. The molecule has 4 aliphatic rings. The SMILES string of the molecule is O=C(COC1CC2CCC(C1)N2c1nc2ccc(OCC3CC3)cc2o1)N1CCOCC1. The highest BCUT2D eigenvalue weighted by Gasteiger charge is 2.43. The molecule has 1 amide bonds. The lowest BCUT2D eigenvalue weighted by molar-refractivity contribution is -0.142. The Morgan fingerprint density at radius 3 is 2.62 bits per heavy atom. The summed E-state index contributed by atoms with van der Waals surface area (Å²) in [6, 6.07) is 7.32. The number of hydrogen-bond acceptors (Lipinski definition) is 7. The van der Waals surface area contributed by atoms with Crippen LogP contribution in [-0.2, 0) is 14.3 Å². The third-order valence-electron chi connectivity index (χ3n) is 7.25. The van der Waals surface area contributed by atoms with Gasteiger partial charge in [0.25, 0.3) is 6.01 Å². The van der Waals surface area contributed by atoms with Crippen LogP contribution in [0, 0.1) is 5.92 Å². The van der Waals surface area contributed by atoms with Crippen molar-refractivity contribution < 1.29 is 23.4 Å². The molecule has 0 radical (unpaired) electrons. The molecule has 172 valence electrons. The summed E-state index contributed by atoms with van der Waals surface area (Å²) < 4.78 is 23.5. The Balaban J connectivity index is 1.08. The first-order chi connectivity index (χ1) is 15.7. The smallest absolute Gasteiger partial charge is 0.298 e. The van der Waals surface area contributed by atoms with E-state index in [1.165, 1.54) is 12.8 Å². The number of piperidine rings is 1. The van der Waals surface area contributed by atoms with Crippen LogP contribution < -0.4 is 9.64 Å². The van der Waals surface area contributed by atoms with Crippen molar-refractivity contribution in [1.29, 1.82) is 0 Å². The summed E-state index contributed by atoms with van der Waals surface area (Å²) in [6.07, 6.45) is 6.69. The fourth-order valence-corrected chi connectivity index (χ4v) is 5.26. The third kappa shape index (κ3) is 4.18. The molecule has 2 bridgehead atoms. The Morgan fingerprint density at radius 1 is 1.09 bits per heavy atom. The Bertz CT molecular complexity index is 954. The number of hydrogen-bond donors (Lipinski definition) is 0. The van der Waals surface area contributed by atoms with Gasteiger partial charge < -0.3 is 28.4 Å². The number of aromatic nitrogens is 1. The van der Waals surface area contributed by atoms with Crippen LogP contribution in [-0.4, -0.2) is 73.5 Å². The molecule has 1 aromatic carbocycles. The largest absolute Gasteiger partial charge is 0.493 e. The molecule has 2 unspecified atom stereocenters. The maximum Gasteiger partial charge on any atom is 0.298 e. The fourth-order valence-electron chi connectivity index (χ4n) is 5.26. The molecule has 1 saturated carbocycles. The van der Waals surface area contributed by atoms with Crippen LogP contribution >= 0.6 is 0 Å². The van der Waals surface area contributed by atoms with Crippen LogP contribution in [0.15, 0.2) is 22.6 Å². The molecule has 4 fully saturated rings. The van der Waals surface area contributed by atoms with Gasteiger partial charge in [0, 0.05) is 31.2 Å². The van der Waals surface area contributed by atoms with Crippen molar-refractivity contribution in [2.75, 3.05) is 44.4 Å². The van der Waals surface area contributed by atoms with Crippen LogP contribution in [0.1, 0.15) is 38.5 Å². The maximum absolute atomic E-state index is 12.4. The molecule has 1 aliphatic carbocycles. The summed E-state index contributed by atoms with van der Waals surface area (Å²) >= 11 is 0. The molecule has 3 aliphatic heterocycles. The van der Waals surface area contributed by atoms with Gasteiger partial charge in [-0.15, -0.1) is 0 Å². The van der Waals surface area contributed by atoms with Gasteiger partial charge in [-0.3, -0.25) is 4.79 Å². The molecular formula is C24H31N3O5. The summed E-state index contributed by atoms with van der Waals surface area (Å²) in [6.45, 7) is 3.52. The summed E-state index contributed by atoms with van der Waals surface area (Å²) in [5.74, 6) is 1.65. The lowest BCUT2D eigenvalue weighted by atomic mass is 10.0. The second kappa shape index (κ2) is 8.56. The number of nitrogens with zero attached hydrogens (tertiary/aromatic N) is 3. The van der Waals surface area contributed by atoms with Gasteiger partial charge in [-0.1, -0.05) is 0 Å². The van der Waals surface area contributed by atoms with E-state index in [1.54, 1.807) is 0 Å². The number of amides is 1. The number of anilines is 1. The number of fused-ring (bicyclic) bond motifs is 3. The highest BCUT2D eigenvalue weighted by Crippen LogP contribution is 2.41. The summed E-state index contributed by atoms with van der Waals surface area (Å²) in [4.78, 5) is 21.4. The van der Waals surface area contributed by atoms with Gasteiger partial charge >= 0.3 is 0 Å². The highest BCUT2D eigenvalue weighted by atomic mass is 16.5. The summed E-state index contributed by atoms with van der Waals surface area (Å²) in [7, 11) is 0. The second-order valence-electron chi connectivity index (χ2n) is 9.57. The molecule has 6 rings (SSSR count). The Hall–Kier alpha value is -2.32. The summed E-state index contributed by atoms with van der Waals surface area (Å²) in [5, 5.41) is 0. The molecule has 8 nitrogen and oxygen atoms in total. The number of benzene rings is 1. The zero-order valence-corrected chi connectivity index (χ0v) is 18.4. The number of ether oxygens (including phenoxy) is 3. The van der Waals surface area contributed by atoms with Crippen molar-refractivity contribution in [1.82, 2.24) is 9.88 Å². The van der Waals surface area contributed by atoms with Crippen LogP contribution in [0.5, 0.6) is 5.75 Å². The van der Waals surface area contributed by atoms with E-state index in [4.69, 9.17) is 23.6 Å². The zero-order valence-electron chi connectivity index (χ0n) is 18.4. The van der Waals surface area contributed by atoms with Crippen molar-refractivity contribution in [2.45, 2.75) is 56.7 Å². The van der Waals surface area contributed by atoms with Gasteiger partial charge in [0.2, 0.25) is 5.91 Å². The monoisotopic (exact) mass is 441 g/mol. The van der Waals surface area contributed by atoms with E-state index in [0.29, 0.717) is 44.4 Å². The number of morpholine rings is 1. The van der Waals surface area contributed by atoms with E-state index < -0.39 is 0 Å². The number of carbonyl (C=O) groups is 1. The van der Waals surface area contributed by atoms with Crippen molar-refractivity contribution in [3.05, 3.63) is 18.2 Å². The fraction of sp³-hybridized carbons (Fsp3) is 0.667. The molecule has 1 aromatic heterocycles. The average Bonchev–Trinajstić information content (AvgIpc) is 3.50. The molecule has 4 heterocycles. The first-order valence-corrected chi connectivity index (χ1v) is 12.0. The van der Waals surface area contributed by atoms with Crippen LogP contribution in [0.3, 0.4) is 0 Å². The van der Waals surface area contributed by atoms with E-state index >= 15 is 0 Å². The van der Waals surface area contributed by atoms with Crippen molar-refractivity contribution >= 4 is 23.0 Å². The van der Waals surface area contributed by atoms with Gasteiger partial charge in [0.1, 0.15) is 17.9 Å². The molecule has 32 heavy (non-hydrogen) atoms. The Morgan fingerprint density at radius 2 is 1.88 bits per heavy atom. The standard InChI is InChI=1S/C24H31N3O5/c28-23(26-7-9-29-10-8-26)15-31-20-11-17-3-4-18(12-20)27(17)24-25-21-6-5-19(13-22(21)32-24)30-14-16-1-2-16/h5-6,13,16-18,20H,1-4,7-12,14-15H2. The predicted octanol–water partition coefficient (Wildman–Crippen LogP) is 2.99. The van der Waals surface area contributed by atoms with Crippen LogP contribution in [0.4, 0.5) is 6.01 Å². The second-order valence-corrected chi connectivity index (χ2v) is 9.57. The third-order valence-corrected chi connectivity index (χ3v) is 7.25. The minimum Gasteiger partial charge on any atom is -0.493 e. The topological polar surface area (TPSA) is 77.3 Å². The highest BCUT2D eigenvalue weighted by molar-refractivity contribution is 5.77. The molecule has 0 N–H and O–H groups in total. The van der Waals surface area contributed by atoms with Crippen LogP contribution in [0.2, 0.25) is 0 Å². The molecule has 3 saturated heterocycles. The molecule has 8 heteroatoms. The van der Waals surface area contributed by atoms with Crippen molar-refractivity contribution in [3.63, 3.8) is 0 Å². The zero-order chi connectivity index (χ0) is 21.5. The number of rotatable bonds is 7. The summed E-state index contributed by atoms with van der Waals surface area (Å²) in [5.41, 5.74) is 1.65. The van der Waals surface area contributed by atoms with E-state index in [0.717, 1.165) is 55.1 Å². The quantitative estimate of drug-likeness (QED) is 0.654. The Labute approximate surface area is 187 Å². The van der Waals surface area contributed by atoms with Gasteiger partial charge in [-0.05, 0) is 56.6 Å². The minimum atomic E-state index is 0.0711. The number of oxazole rings is 1. The normalized spacial score (nSPS) is 27.8. The van der Waals surface area contributed by atoms with E-state index in [-0.39, 0.29) is 18.6 Å². The van der Waals surface area contributed by atoms with Crippen molar-refractivity contribution in [2.24, 2.45) is 5.92 Å². The van der Waals surface area contributed by atoms with Gasteiger partial charge in [-0.25, -0.2) is 0 Å². The van der Waals surface area contributed by atoms with Gasteiger partial charge in [-0.2, -0.15) is 4.98 Å². The molecule has 2 aromatic rings. The van der Waals surface area contributed by atoms with E-state index in [1.807, 2.05) is 23.1 Å². The first-order valence-electron chi connectivity index (χ1n) is 12.0. The average molecular weight is 442 g/mol.